The van der Waals surface area contributed by atoms with Gasteiger partial charge in [0.25, 0.3) is 5.56 Å². The van der Waals surface area contributed by atoms with Gasteiger partial charge in [-0.15, -0.1) is 0 Å². The second-order valence-corrected chi connectivity index (χ2v) is 4.71. The van der Waals surface area contributed by atoms with E-state index in [1.807, 2.05) is 14.0 Å². The highest BCUT2D eigenvalue weighted by molar-refractivity contribution is 6.28. The molecule has 19 heavy (non-hydrogen) atoms. The fraction of sp³-hybridized carbons (Fsp3) is 0.385. The molecule has 5 nitrogen and oxygen atoms in total. The topological polar surface area (TPSA) is 56.1 Å². The highest BCUT2D eigenvalue weighted by Crippen LogP contribution is 2.18. The van der Waals surface area contributed by atoms with Crippen molar-refractivity contribution in [3.05, 3.63) is 33.8 Å². The standard InChI is InChI=1S/C13H16ClN3O2/c1-8(15-2)7-17-12(18)10-5-4-9(19-3)6-11(10)16-13(17)14/h4-6,8,15H,7H2,1-3H3. The first-order chi connectivity index (χ1) is 9.06. The molecule has 1 aromatic carbocycles. The zero-order chi connectivity index (χ0) is 14.0. The van der Waals surface area contributed by atoms with Gasteiger partial charge < -0.3 is 10.1 Å². The van der Waals surface area contributed by atoms with Crippen LogP contribution in [0, 0.1) is 0 Å². The lowest BCUT2D eigenvalue weighted by molar-refractivity contribution is 0.415. The minimum atomic E-state index is -0.139. The number of likely N-dealkylation sites (N-methyl/N-ethyl adjacent to an activating group) is 1. The van der Waals surface area contributed by atoms with Crippen LogP contribution in [0.2, 0.25) is 5.28 Å². The zero-order valence-electron chi connectivity index (χ0n) is 11.1. The number of aromatic nitrogens is 2. The highest BCUT2D eigenvalue weighted by atomic mass is 35.5. The van der Waals surface area contributed by atoms with Crippen LogP contribution >= 0.6 is 11.6 Å². The molecule has 0 aliphatic carbocycles. The molecular formula is C13H16ClN3O2. The van der Waals surface area contributed by atoms with Crippen molar-refractivity contribution >= 4 is 22.5 Å². The molecule has 1 atom stereocenters. The number of hydrogen-bond acceptors (Lipinski definition) is 4. The van der Waals surface area contributed by atoms with E-state index in [-0.39, 0.29) is 16.9 Å². The lowest BCUT2D eigenvalue weighted by Crippen LogP contribution is -2.33. The summed E-state index contributed by atoms with van der Waals surface area (Å²) in [5.74, 6) is 0.650. The Labute approximate surface area is 116 Å². The Morgan fingerprint density at radius 2 is 2.26 bits per heavy atom. The zero-order valence-corrected chi connectivity index (χ0v) is 11.9. The van der Waals surface area contributed by atoms with Crippen molar-refractivity contribution in [1.29, 1.82) is 0 Å². The van der Waals surface area contributed by atoms with Crippen LogP contribution in [-0.2, 0) is 6.54 Å². The van der Waals surface area contributed by atoms with Crippen molar-refractivity contribution < 1.29 is 4.74 Å². The number of benzene rings is 1. The third-order valence-corrected chi connectivity index (χ3v) is 3.35. The molecular weight excluding hydrogens is 266 g/mol. The first-order valence-electron chi connectivity index (χ1n) is 5.98. The van der Waals surface area contributed by atoms with Crippen LogP contribution in [0.3, 0.4) is 0 Å². The third-order valence-electron chi connectivity index (χ3n) is 3.07. The predicted octanol–water partition coefficient (Wildman–Crippen LogP) is 1.67. The van der Waals surface area contributed by atoms with Gasteiger partial charge >= 0.3 is 0 Å². The highest BCUT2D eigenvalue weighted by Gasteiger charge is 2.12. The number of nitrogens with zero attached hydrogens (tertiary/aromatic N) is 2. The molecule has 0 amide bonds. The molecule has 1 aromatic heterocycles. The Kier molecular flexibility index (Phi) is 4.07. The summed E-state index contributed by atoms with van der Waals surface area (Å²) < 4.78 is 6.58. The molecule has 0 saturated heterocycles. The van der Waals surface area contributed by atoms with Crippen molar-refractivity contribution in [2.45, 2.75) is 19.5 Å². The molecule has 1 unspecified atom stereocenters. The number of fused-ring (bicyclic) bond motifs is 1. The van der Waals surface area contributed by atoms with E-state index in [0.717, 1.165) is 0 Å². The van der Waals surface area contributed by atoms with E-state index in [4.69, 9.17) is 16.3 Å². The average Bonchev–Trinajstić information content (AvgIpc) is 2.42. The maximum atomic E-state index is 12.4. The molecule has 6 heteroatoms. The Morgan fingerprint density at radius 3 is 2.89 bits per heavy atom. The summed E-state index contributed by atoms with van der Waals surface area (Å²) in [6.07, 6.45) is 0. The van der Waals surface area contributed by atoms with Crippen LogP contribution < -0.4 is 15.6 Å². The monoisotopic (exact) mass is 281 g/mol. The Balaban J connectivity index is 2.59. The number of nitrogens with one attached hydrogen (secondary N) is 1. The van der Waals surface area contributed by atoms with Gasteiger partial charge in [0.05, 0.1) is 18.0 Å². The fourth-order valence-corrected chi connectivity index (χ4v) is 2.06. The maximum absolute atomic E-state index is 12.4. The normalized spacial score (nSPS) is 12.6. The van der Waals surface area contributed by atoms with Crippen molar-refractivity contribution in [2.75, 3.05) is 14.2 Å². The van der Waals surface area contributed by atoms with Crippen LogP contribution in [-0.4, -0.2) is 29.8 Å². The minimum absolute atomic E-state index is 0.132. The molecule has 0 spiro atoms. The van der Waals surface area contributed by atoms with Gasteiger partial charge in [-0.3, -0.25) is 9.36 Å². The second kappa shape index (κ2) is 5.59. The van der Waals surface area contributed by atoms with Crippen LogP contribution in [0.15, 0.2) is 23.0 Å². The summed E-state index contributed by atoms with van der Waals surface area (Å²) in [6.45, 7) is 2.45. The Hall–Kier alpha value is -1.59. The maximum Gasteiger partial charge on any atom is 0.262 e. The molecule has 0 bridgehead atoms. The number of ether oxygens (including phenoxy) is 1. The predicted molar refractivity (Wildman–Crippen MR) is 76.1 cm³/mol. The van der Waals surface area contributed by atoms with Crippen molar-refractivity contribution in [1.82, 2.24) is 14.9 Å². The number of methoxy groups -OCH3 is 1. The van der Waals surface area contributed by atoms with Gasteiger partial charge in [0.2, 0.25) is 5.28 Å². The van der Waals surface area contributed by atoms with Crippen molar-refractivity contribution in [2.24, 2.45) is 0 Å². The van der Waals surface area contributed by atoms with E-state index >= 15 is 0 Å². The van der Waals surface area contributed by atoms with E-state index in [1.165, 1.54) is 4.57 Å². The average molecular weight is 282 g/mol. The molecule has 1 N–H and O–H groups in total. The summed E-state index contributed by atoms with van der Waals surface area (Å²) in [7, 11) is 3.40. The first kappa shape index (κ1) is 13.8. The molecule has 102 valence electrons. The molecule has 0 radical (unpaired) electrons. The fourth-order valence-electron chi connectivity index (χ4n) is 1.82. The smallest absolute Gasteiger partial charge is 0.262 e. The van der Waals surface area contributed by atoms with Crippen LogP contribution in [0.5, 0.6) is 5.75 Å². The van der Waals surface area contributed by atoms with Gasteiger partial charge in [-0.1, -0.05) is 0 Å². The molecule has 0 saturated carbocycles. The van der Waals surface area contributed by atoms with Crippen molar-refractivity contribution in [3.8, 4) is 5.75 Å². The summed E-state index contributed by atoms with van der Waals surface area (Å²) in [4.78, 5) is 16.6. The van der Waals surface area contributed by atoms with Gasteiger partial charge in [0.15, 0.2) is 0 Å². The molecule has 1 heterocycles. The Bertz CT molecular complexity index is 654. The van der Waals surface area contributed by atoms with E-state index in [9.17, 15) is 4.79 Å². The van der Waals surface area contributed by atoms with Gasteiger partial charge in [0.1, 0.15) is 5.75 Å². The lowest BCUT2D eigenvalue weighted by Gasteiger charge is -2.14. The SMILES string of the molecule is CNC(C)Cn1c(Cl)nc2cc(OC)ccc2c1=O. The number of halogens is 1. The number of hydrogen-bond donors (Lipinski definition) is 1. The summed E-state index contributed by atoms with van der Waals surface area (Å²) in [5, 5.41) is 3.79. The summed E-state index contributed by atoms with van der Waals surface area (Å²) >= 11 is 6.09. The summed E-state index contributed by atoms with van der Waals surface area (Å²) in [6, 6.07) is 5.28. The minimum Gasteiger partial charge on any atom is -0.497 e. The van der Waals surface area contributed by atoms with Gasteiger partial charge in [-0.05, 0) is 37.7 Å². The largest absolute Gasteiger partial charge is 0.497 e. The quantitative estimate of drug-likeness (QED) is 0.866. The van der Waals surface area contributed by atoms with Gasteiger partial charge in [-0.25, -0.2) is 4.98 Å². The van der Waals surface area contributed by atoms with Crippen LogP contribution in [0.1, 0.15) is 6.92 Å². The van der Waals surface area contributed by atoms with Gasteiger partial charge in [0, 0.05) is 18.7 Å². The second-order valence-electron chi connectivity index (χ2n) is 4.37. The van der Waals surface area contributed by atoms with Crippen LogP contribution in [0.4, 0.5) is 0 Å². The molecule has 2 aromatic rings. The van der Waals surface area contributed by atoms with Gasteiger partial charge in [-0.2, -0.15) is 0 Å². The molecule has 2 rings (SSSR count). The summed E-state index contributed by atoms with van der Waals surface area (Å²) in [5.41, 5.74) is 0.405. The first-order valence-corrected chi connectivity index (χ1v) is 6.36. The van der Waals surface area contributed by atoms with E-state index in [1.54, 1.807) is 25.3 Å². The van der Waals surface area contributed by atoms with E-state index in [0.29, 0.717) is 23.2 Å². The van der Waals surface area contributed by atoms with Crippen LogP contribution in [0.25, 0.3) is 10.9 Å². The van der Waals surface area contributed by atoms with E-state index < -0.39 is 0 Å². The third kappa shape index (κ3) is 2.72. The Morgan fingerprint density at radius 1 is 1.53 bits per heavy atom. The molecule has 0 fully saturated rings. The van der Waals surface area contributed by atoms with Crippen molar-refractivity contribution in [3.63, 3.8) is 0 Å². The molecule has 0 aliphatic rings. The lowest BCUT2D eigenvalue weighted by atomic mass is 10.2. The van der Waals surface area contributed by atoms with E-state index in [2.05, 4.69) is 10.3 Å². The number of rotatable bonds is 4. The molecule has 0 aliphatic heterocycles.